The number of carbonyl (C=O) groups is 1. The van der Waals surface area contributed by atoms with E-state index in [9.17, 15) is 18.0 Å². The summed E-state index contributed by atoms with van der Waals surface area (Å²) >= 11 is 0.964. The molecular weight excluding hydrogens is 379 g/mol. The number of hydrogen-bond acceptors (Lipinski definition) is 4. The lowest BCUT2D eigenvalue weighted by atomic mass is 10.2. The molecule has 1 amide bonds. The van der Waals surface area contributed by atoms with E-state index in [0.717, 1.165) is 21.7 Å². The van der Waals surface area contributed by atoms with E-state index >= 15 is 0 Å². The first-order valence-corrected chi connectivity index (χ1v) is 8.60. The molecule has 3 heterocycles. The second-order valence-electron chi connectivity index (χ2n) is 5.75. The van der Waals surface area contributed by atoms with Crippen LogP contribution in [-0.2, 0) is 13.2 Å². The zero-order valence-electron chi connectivity index (χ0n) is 13.9. The summed E-state index contributed by atoms with van der Waals surface area (Å²) in [4.78, 5) is 12.9. The van der Waals surface area contributed by atoms with Gasteiger partial charge in [0.25, 0.3) is 5.91 Å². The Hall–Kier alpha value is -3.14. The number of aryl methyl sites for hydroxylation is 1. The van der Waals surface area contributed by atoms with E-state index in [2.05, 4.69) is 15.5 Å². The van der Waals surface area contributed by atoms with Gasteiger partial charge in [-0.2, -0.15) is 23.4 Å². The van der Waals surface area contributed by atoms with E-state index < -0.39 is 17.8 Å². The molecule has 0 aliphatic rings. The van der Waals surface area contributed by atoms with Crippen molar-refractivity contribution in [3.05, 3.63) is 59.4 Å². The number of aromatic nitrogens is 4. The molecule has 10 heteroatoms. The van der Waals surface area contributed by atoms with E-state index in [1.807, 2.05) is 0 Å². The molecular formula is C17H12F3N5OS. The first-order chi connectivity index (χ1) is 12.8. The van der Waals surface area contributed by atoms with Crippen LogP contribution in [0.5, 0.6) is 0 Å². The summed E-state index contributed by atoms with van der Waals surface area (Å²) in [6.45, 7) is 0. The molecule has 4 aromatic rings. The Morgan fingerprint density at radius 3 is 2.59 bits per heavy atom. The molecule has 0 unspecified atom stereocenters. The highest BCUT2D eigenvalue weighted by Gasteiger charge is 2.37. The molecule has 0 bridgehead atoms. The first-order valence-electron chi connectivity index (χ1n) is 7.78. The maximum absolute atomic E-state index is 13.1. The van der Waals surface area contributed by atoms with Crippen molar-refractivity contribution in [3.63, 3.8) is 0 Å². The fraction of sp³-hybridized carbons (Fsp3) is 0.118. The molecule has 1 aromatic carbocycles. The number of rotatable bonds is 3. The molecule has 0 saturated carbocycles. The van der Waals surface area contributed by atoms with Crippen molar-refractivity contribution >= 4 is 33.1 Å². The van der Waals surface area contributed by atoms with Gasteiger partial charge in [0.15, 0.2) is 5.69 Å². The lowest BCUT2D eigenvalue weighted by Gasteiger charge is -2.06. The van der Waals surface area contributed by atoms with Crippen LogP contribution < -0.4 is 5.32 Å². The molecule has 0 radical (unpaired) electrons. The Balaban J connectivity index is 1.58. The van der Waals surface area contributed by atoms with Crippen molar-refractivity contribution in [2.75, 3.05) is 5.32 Å². The van der Waals surface area contributed by atoms with Crippen LogP contribution in [0, 0.1) is 0 Å². The third kappa shape index (κ3) is 3.19. The average molecular weight is 391 g/mol. The Bertz CT molecular complexity index is 1110. The van der Waals surface area contributed by atoms with Crippen LogP contribution in [0.25, 0.3) is 15.9 Å². The van der Waals surface area contributed by atoms with Crippen molar-refractivity contribution in [1.29, 1.82) is 0 Å². The zero-order chi connectivity index (χ0) is 19.2. The lowest BCUT2D eigenvalue weighted by Crippen LogP contribution is -2.11. The standard InChI is InChI=1S/C17H12F3N5OS/c1-24-16-12(14(23-24)17(18,19)20)9-13(27-16)15(26)22-10-3-5-11(6-4-10)25-8-2-7-21-25/h2-9H,1H3,(H,22,26). The molecule has 0 aliphatic heterocycles. The van der Waals surface area contributed by atoms with Gasteiger partial charge in [0.2, 0.25) is 0 Å². The van der Waals surface area contributed by atoms with Gasteiger partial charge in [0, 0.05) is 30.5 Å². The van der Waals surface area contributed by atoms with Crippen molar-refractivity contribution in [1.82, 2.24) is 19.6 Å². The summed E-state index contributed by atoms with van der Waals surface area (Å²) in [7, 11) is 1.42. The van der Waals surface area contributed by atoms with Crippen LogP contribution in [-0.4, -0.2) is 25.5 Å². The SMILES string of the molecule is Cn1nc(C(F)(F)F)c2cc(C(=O)Nc3ccc(-n4cccn4)cc3)sc21. The van der Waals surface area contributed by atoms with Crippen molar-refractivity contribution < 1.29 is 18.0 Å². The van der Waals surface area contributed by atoms with Crippen LogP contribution in [0.1, 0.15) is 15.4 Å². The minimum atomic E-state index is -4.57. The number of amides is 1. The molecule has 4 rings (SSSR count). The van der Waals surface area contributed by atoms with Crippen LogP contribution in [0.4, 0.5) is 18.9 Å². The summed E-state index contributed by atoms with van der Waals surface area (Å²) in [6.07, 6.45) is -1.13. The predicted molar refractivity (Wildman–Crippen MR) is 95.1 cm³/mol. The second kappa shape index (κ2) is 6.23. The first kappa shape index (κ1) is 17.3. The number of fused-ring (bicyclic) bond motifs is 1. The predicted octanol–water partition coefficient (Wildman–Crippen LogP) is 4.09. The number of nitrogens with zero attached hydrogens (tertiary/aromatic N) is 4. The number of anilines is 1. The fourth-order valence-corrected chi connectivity index (χ4v) is 3.64. The highest BCUT2D eigenvalue weighted by molar-refractivity contribution is 7.20. The van der Waals surface area contributed by atoms with Gasteiger partial charge in [-0.25, -0.2) is 4.68 Å². The van der Waals surface area contributed by atoms with E-state index in [4.69, 9.17) is 0 Å². The summed E-state index contributed by atoms with van der Waals surface area (Å²) < 4.78 is 42.0. The maximum atomic E-state index is 13.1. The highest BCUT2D eigenvalue weighted by atomic mass is 32.1. The quantitative estimate of drug-likeness (QED) is 0.572. The van der Waals surface area contributed by atoms with Crippen LogP contribution in [0.2, 0.25) is 0 Å². The third-order valence-electron chi connectivity index (χ3n) is 3.90. The van der Waals surface area contributed by atoms with E-state index in [1.54, 1.807) is 47.4 Å². The number of benzene rings is 1. The third-order valence-corrected chi connectivity index (χ3v) is 5.10. The molecule has 1 N–H and O–H groups in total. The smallest absolute Gasteiger partial charge is 0.321 e. The second-order valence-corrected chi connectivity index (χ2v) is 6.78. The van der Waals surface area contributed by atoms with E-state index in [1.165, 1.54) is 13.1 Å². The molecule has 3 aromatic heterocycles. The number of hydrogen-bond donors (Lipinski definition) is 1. The van der Waals surface area contributed by atoms with Gasteiger partial charge in [0.1, 0.15) is 4.83 Å². The average Bonchev–Trinajstić information content (AvgIpc) is 3.33. The summed E-state index contributed by atoms with van der Waals surface area (Å²) in [5.74, 6) is -0.476. The van der Waals surface area contributed by atoms with Gasteiger partial charge in [-0.05, 0) is 36.4 Å². The molecule has 0 spiro atoms. The number of halogens is 3. The zero-order valence-corrected chi connectivity index (χ0v) is 14.7. The number of thiophene rings is 1. The van der Waals surface area contributed by atoms with Crippen LogP contribution in [0.3, 0.4) is 0 Å². The minimum Gasteiger partial charge on any atom is -0.321 e. The maximum Gasteiger partial charge on any atom is 0.435 e. The highest BCUT2D eigenvalue weighted by Crippen LogP contribution is 2.37. The summed E-state index contributed by atoms with van der Waals surface area (Å²) in [5.41, 5.74) is 0.363. The van der Waals surface area contributed by atoms with Gasteiger partial charge in [-0.15, -0.1) is 11.3 Å². The van der Waals surface area contributed by atoms with Crippen LogP contribution >= 0.6 is 11.3 Å². The molecule has 0 aliphatic carbocycles. The van der Waals surface area contributed by atoms with Crippen molar-refractivity contribution in [2.45, 2.75) is 6.18 Å². The van der Waals surface area contributed by atoms with Crippen LogP contribution in [0.15, 0.2) is 48.8 Å². The van der Waals surface area contributed by atoms with Crippen molar-refractivity contribution in [2.24, 2.45) is 7.05 Å². The Labute approximate surface area is 154 Å². The van der Waals surface area contributed by atoms with E-state index in [0.29, 0.717) is 10.5 Å². The Kier molecular flexibility index (Phi) is 3.99. The van der Waals surface area contributed by atoms with Crippen molar-refractivity contribution in [3.8, 4) is 5.69 Å². The van der Waals surface area contributed by atoms with Gasteiger partial charge >= 0.3 is 6.18 Å². The summed E-state index contributed by atoms with van der Waals surface area (Å²) in [5, 5.41) is 10.2. The molecule has 0 atom stereocenters. The topological polar surface area (TPSA) is 64.7 Å². The van der Waals surface area contributed by atoms with Gasteiger partial charge in [-0.1, -0.05) is 0 Å². The molecule has 0 fully saturated rings. The number of alkyl halides is 3. The Morgan fingerprint density at radius 1 is 1.22 bits per heavy atom. The minimum absolute atomic E-state index is 0.0748. The number of carbonyl (C=O) groups excluding carboxylic acids is 1. The van der Waals surface area contributed by atoms with E-state index in [-0.39, 0.29) is 10.3 Å². The summed E-state index contributed by atoms with van der Waals surface area (Å²) in [6, 6.07) is 9.97. The lowest BCUT2D eigenvalue weighted by molar-refractivity contribution is -0.140. The Morgan fingerprint density at radius 2 is 1.96 bits per heavy atom. The molecule has 27 heavy (non-hydrogen) atoms. The largest absolute Gasteiger partial charge is 0.435 e. The monoisotopic (exact) mass is 391 g/mol. The fourth-order valence-electron chi connectivity index (χ4n) is 2.67. The van der Waals surface area contributed by atoms with Gasteiger partial charge in [-0.3, -0.25) is 9.48 Å². The normalized spacial score (nSPS) is 11.9. The number of nitrogens with one attached hydrogen (secondary N) is 1. The molecule has 138 valence electrons. The molecule has 0 saturated heterocycles. The molecule has 6 nitrogen and oxygen atoms in total. The van der Waals surface area contributed by atoms with Gasteiger partial charge < -0.3 is 5.32 Å². The van der Waals surface area contributed by atoms with Gasteiger partial charge in [0.05, 0.1) is 10.6 Å².